The third-order valence-corrected chi connectivity index (χ3v) is 4.26. The predicted molar refractivity (Wildman–Crippen MR) is 104 cm³/mol. The van der Waals surface area contributed by atoms with Gasteiger partial charge in [0.05, 0.1) is 18.3 Å². The lowest BCUT2D eigenvalue weighted by atomic mass is 10.1. The van der Waals surface area contributed by atoms with E-state index in [2.05, 4.69) is 26.6 Å². The number of hydrogen-bond donors (Lipinski definition) is 3. The summed E-state index contributed by atoms with van der Waals surface area (Å²) < 4.78 is 5.28. The van der Waals surface area contributed by atoms with Crippen molar-refractivity contribution in [2.24, 2.45) is 0 Å². The van der Waals surface area contributed by atoms with E-state index < -0.39 is 0 Å². The van der Waals surface area contributed by atoms with Crippen LogP contribution in [0.2, 0.25) is 0 Å². The van der Waals surface area contributed by atoms with E-state index in [1.54, 1.807) is 13.3 Å². The molecule has 0 aliphatic rings. The molecule has 0 aliphatic carbocycles. The SMILES string of the molecule is COc1cccc(CNc2cc(N)nc3cc(-c4ccn[nH]4)ccc23)c1. The maximum absolute atomic E-state index is 6.02. The van der Waals surface area contributed by atoms with Crippen LogP contribution in [0.5, 0.6) is 5.75 Å². The minimum absolute atomic E-state index is 0.479. The monoisotopic (exact) mass is 345 g/mol. The van der Waals surface area contributed by atoms with Gasteiger partial charge in [0.15, 0.2) is 0 Å². The molecule has 2 aromatic carbocycles. The van der Waals surface area contributed by atoms with E-state index in [0.29, 0.717) is 12.4 Å². The minimum atomic E-state index is 0.479. The first-order valence-corrected chi connectivity index (χ1v) is 8.30. The van der Waals surface area contributed by atoms with Crippen molar-refractivity contribution in [3.63, 3.8) is 0 Å². The van der Waals surface area contributed by atoms with Crippen molar-refractivity contribution >= 4 is 22.4 Å². The van der Waals surface area contributed by atoms with E-state index in [1.165, 1.54) is 0 Å². The molecule has 2 heterocycles. The van der Waals surface area contributed by atoms with Crippen molar-refractivity contribution in [3.05, 3.63) is 66.4 Å². The number of H-pyrrole nitrogens is 1. The van der Waals surface area contributed by atoms with Crippen LogP contribution in [0, 0.1) is 0 Å². The molecular formula is C20H19N5O. The molecule has 2 aromatic heterocycles. The largest absolute Gasteiger partial charge is 0.497 e. The molecule has 6 nitrogen and oxygen atoms in total. The molecule has 0 atom stereocenters. The Bertz CT molecular complexity index is 1040. The standard InChI is InChI=1S/C20H19N5O/c1-26-15-4-2-3-13(9-15)12-22-18-11-20(21)24-19-10-14(5-6-16(18)19)17-7-8-23-25-17/h2-11H,12H2,1H3,(H,23,25)(H3,21,22,24). The van der Waals surface area contributed by atoms with Gasteiger partial charge in [-0.05, 0) is 29.8 Å². The molecule has 0 saturated carbocycles. The molecule has 0 radical (unpaired) electrons. The van der Waals surface area contributed by atoms with Crippen molar-refractivity contribution in [1.82, 2.24) is 15.2 Å². The van der Waals surface area contributed by atoms with Gasteiger partial charge in [0, 0.05) is 35.4 Å². The molecule has 6 heteroatoms. The lowest BCUT2D eigenvalue weighted by molar-refractivity contribution is 0.414. The number of nitrogen functional groups attached to an aromatic ring is 1. The molecule has 130 valence electrons. The van der Waals surface area contributed by atoms with E-state index in [1.807, 2.05) is 48.5 Å². The number of nitrogens with two attached hydrogens (primary N) is 1. The second-order valence-electron chi connectivity index (χ2n) is 6.00. The van der Waals surface area contributed by atoms with Crippen LogP contribution < -0.4 is 15.8 Å². The van der Waals surface area contributed by atoms with Gasteiger partial charge >= 0.3 is 0 Å². The molecule has 0 saturated heterocycles. The van der Waals surface area contributed by atoms with E-state index >= 15 is 0 Å². The van der Waals surface area contributed by atoms with Crippen LogP contribution in [0.25, 0.3) is 22.2 Å². The number of methoxy groups -OCH3 is 1. The van der Waals surface area contributed by atoms with Gasteiger partial charge in [0.25, 0.3) is 0 Å². The summed E-state index contributed by atoms with van der Waals surface area (Å²) in [6.45, 7) is 0.665. The van der Waals surface area contributed by atoms with Crippen LogP contribution in [0.15, 0.2) is 60.8 Å². The Kier molecular flexibility index (Phi) is 4.15. The molecule has 0 unspecified atom stereocenters. The summed E-state index contributed by atoms with van der Waals surface area (Å²) in [6, 6.07) is 17.9. The first-order chi connectivity index (χ1) is 12.7. The highest BCUT2D eigenvalue weighted by Crippen LogP contribution is 2.29. The average Bonchev–Trinajstić information content (AvgIpc) is 3.20. The Morgan fingerprint density at radius 1 is 1.12 bits per heavy atom. The van der Waals surface area contributed by atoms with Crippen LogP contribution in [-0.2, 0) is 6.54 Å². The van der Waals surface area contributed by atoms with Crippen molar-refractivity contribution in [2.75, 3.05) is 18.2 Å². The summed E-state index contributed by atoms with van der Waals surface area (Å²) in [5.41, 5.74) is 10.9. The smallest absolute Gasteiger partial charge is 0.126 e. The molecule has 0 bridgehead atoms. The van der Waals surface area contributed by atoms with Crippen molar-refractivity contribution in [3.8, 4) is 17.0 Å². The summed E-state index contributed by atoms with van der Waals surface area (Å²) in [6.07, 6.45) is 1.73. The Morgan fingerprint density at radius 3 is 2.85 bits per heavy atom. The number of rotatable bonds is 5. The zero-order valence-corrected chi connectivity index (χ0v) is 14.4. The minimum Gasteiger partial charge on any atom is -0.497 e. The number of pyridine rings is 1. The highest BCUT2D eigenvalue weighted by Gasteiger charge is 2.08. The van der Waals surface area contributed by atoms with E-state index in [9.17, 15) is 0 Å². The van der Waals surface area contributed by atoms with Crippen LogP contribution in [0.3, 0.4) is 0 Å². The maximum atomic E-state index is 6.02. The van der Waals surface area contributed by atoms with Crippen molar-refractivity contribution in [1.29, 1.82) is 0 Å². The average molecular weight is 345 g/mol. The third kappa shape index (κ3) is 3.17. The second-order valence-corrected chi connectivity index (χ2v) is 6.00. The zero-order valence-electron chi connectivity index (χ0n) is 14.4. The molecule has 0 aliphatic heterocycles. The Balaban J connectivity index is 1.66. The van der Waals surface area contributed by atoms with Crippen LogP contribution in [-0.4, -0.2) is 22.3 Å². The van der Waals surface area contributed by atoms with Gasteiger partial charge in [-0.3, -0.25) is 5.10 Å². The number of hydrogen-bond acceptors (Lipinski definition) is 5. The van der Waals surface area contributed by atoms with Crippen LogP contribution in [0.4, 0.5) is 11.5 Å². The third-order valence-electron chi connectivity index (χ3n) is 4.26. The van der Waals surface area contributed by atoms with E-state index in [0.717, 1.165) is 39.2 Å². The fourth-order valence-corrected chi connectivity index (χ4v) is 2.96. The van der Waals surface area contributed by atoms with Gasteiger partial charge in [-0.2, -0.15) is 5.10 Å². The molecule has 26 heavy (non-hydrogen) atoms. The molecule has 0 fully saturated rings. The normalized spacial score (nSPS) is 10.8. The molecule has 0 amide bonds. The zero-order chi connectivity index (χ0) is 17.9. The number of nitrogens with one attached hydrogen (secondary N) is 2. The van der Waals surface area contributed by atoms with Gasteiger partial charge in [-0.1, -0.05) is 24.3 Å². The van der Waals surface area contributed by atoms with Crippen LogP contribution >= 0.6 is 0 Å². The highest BCUT2D eigenvalue weighted by atomic mass is 16.5. The fraction of sp³-hybridized carbons (Fsp3) is 0.100. The molecule has 4 aromatic rings. The number of benzene rings is 2. The van der Waals surface area contributed by atoms with Gasteiger partial charge in [-0.15, -0.1) is 0 Å². The van der Waals surface area contributed by atoms with Gasteiger partial charge in [0.1, 0.15) is 11.6 Å². The van der Waals surface area contributed by atoms with Gasteiger partial charge in [0.2, 0.25) is 0 Å². The first-order valence-electron chi connectivity index (χ1n) is 8.30. The lowest BCUT2D eigenvalue weighted by Crippen LogP contribution is -2.02. The molecule has 4 rings (SSSR count). The second kappa shape index (κ2) is 6.76. The Hall–Kier alpha value is -3.54. The first kappa shape index (κ1) is 16.0. The number of fused-ring (bicyclic) bond motifs is 1. The quantitative estimate of drug-likeness (QED) is 0.511. The summed E-state index contributed by atoms with van der Waals surface area (Å²) in [4.78, 5) is 4.47. The molecular weight excluding hydrogens is 326 g/mol. The number of anilines is 2. The summed E-state index contributed by atoms with van der Waals surface area (Å²) in [5.74, 6) is 1.32. The Morgan fingerprint density at radius 2 is 2.04 bits per heavy atom. The topological polar surface area (TPSA) is 88.8 Å². The fourth-order valence-electron chi connectivity index (χ4n) is 2.96. The number of nitrogens with zero attached hydrogens (tertiary/aromatic N) is 2. The number of aromatic amines is 1. The summed E-state index contributed by atoms with van der Waals surface area (Å²) in [5, 5.41) is 11.4. The van der Waals surface area contributed by atoms with E-state index in [4.69, 9.17) is 10.5 Å². The van der Waals surface area contributed by atoms with E-state index in [-0.39, 0.29) is 0 Å². The summed E-state index contributed by atoms with van der Waals surface area (Å²) >= 11 is 0. The molecule has 4 N–H and O–H groups in total. The number of ether oxygens (including phenoxy) is 1. The maximum Gasteiger partial charge on any atom is 0.126 e. The van der Waals surface area contributed by atoms with Crippen molar-refractivity contribution in [2.45, 2.75) is 6.54 Å². The van der Waals surface area contributed by atoms with Crippen molar-refractivity contribution < 1.29 is 4.74 Å². The summed E-state index contributed by atoms with van der Waals surface area (Å²) in [7, 11) is 1.67. The highest BCUT2D eigenvalue weighted by molar-refractivity contribution is 5.95. The van der Waals surface area contributed by atoms with Gasteiger partial charge < -0.3 is 15.8 Å². The predicted octanol–water partition coefficient (Wildman–Crippen LogP) is 3.83. The lowest BCUT2D eigenvalue weighted by Gasteiger charge is -2.12. The van der Waals surface area contributed by atoms with Gasteiger partial charge in [-0.25, -0.2) is 4.98 Å². The molecule has 0 spiro atoms. The number of aromatic nitrogens is 3. The van der Waals surface area contributed by atoms with Crippen LogP contribution in [0.1, 0.15) is 5.56 Å². The Labute approximate surface area is 151 Å².